The van der Waals surface area contributed by atoms with Crippen molar-refractivity contribution in [3.8, 4) is 5.75 Å². The summed E-state index contributed by atoms with van der Waals surface area (Å²) in [4.78, 5) is 28.8. The fourth-order valence-corrected chi connectivity index (χ4v) is 4.59. The van der Waals surface area contributed by atoms with E-state index in [9.17, 15) is 31.2 Å². The summed E-state index contributed by atoms with van der Waals surface area (Å²) in [5.74, 6) is -1.87. The van der Waals surface area contributed by atoms with Crippen LogP contribution < -0.4 is 9.46 Å². The zero-order chi connectivity index (χ0) is 26.8. The highest BCUT2D eigenvalue weighted by Gasteiger charge is 2.35. The van der Waals surface area contributed by atoms with Crippen molar-refractivity contribution in [1.82, 2.24) is 4.98 Å². The van der Waals surface area contributed by atoms with Gasteiger partial charge in [0.1, 0.15) is 11.4 Å². The number of rotatable bonds is 7. The minimum Gasteiger partial charge on any atom is -0.496 e. The molecule has 36 heavy (non-hydrogen) atoms. The van der Waals surface area contributed by atoms with Crippen LogP contribution in [0.15, 0.2) is 53.6 Å². The van der Waals surface area contributed by atoms with Crippen molar-refractivity contribution in [1.29, 1.82) is 0 Å². The van der Waals surface area contributed by atoms with Gasteiger partial charge in [0.2, 0.25) is 5.78 Å². The van der Waals surface area contributed by atoms with Crippen molar-refractivity contribution in [2.45, 2.75) is 11.1 Å². The molecule has 0 spiro atoms. The number of pyridine rings is 1. The van der Waals surface area contributed by atoms with Crippen molar-refractivity contribution in [2.75, 3.05) is 18.9 Å². The van der Waals surface area contributed by atoms with Gasteiger partial charge in [-0.2, -0.15) is 13.2 Å². The number of hydrogen-bond donors (Lipinski definition) is 1. The van der Waals surface area contributed by atoms with Crippen molar-refractivity contribution in [3.05, 3.63) is 81.1 Å². The predicted molar refractivity (Wildman–Crippen MR) is 124 cm³/mol. The summed E-state index contributed by atoms with van der Waals surface area (Å²) in [5, 5.41) is -0.794. The molecular weight excluding hydrogens is 548 g/mol. The Bertz CT molecular complexity index is 1460. The fraction of sp³-hybridized carbons (Fsp3) is 0.136. The first kappa shape index (κ1) is 27.2. The molecule has 190 valence electrons. The number of esters is 1. The number of nitrogens with zero attached hydrogens (tertiary/aromatic N) is 1. The highest BCUT2D eigenvalue weighted by molar-refractivity contribution is 7.92. The lowest BCUT2D eigenvalue weighted by atomic mass is 9.99. The van der Waals surface area contributed by atoms with E-state index in [1.165, 1.54) is 25.3 Å². The molecular formula is C22H15Cl2F3N2O6S. The van der Waals surface area contributed by atoms with E-state index in [1.807, 2.05) is 4.72 Å². The van der Waals surface area contributed by atoms with E-state index in [-0.39, 0.29) is 21.9 Å². The minimum absolute atomic E-state index is 0.0408. The molecule has 0 fully saturated rings. The van der Waals surface area contributed by atoms with Crippen LogP contribution in [-0.2, 0) is 20.9 Å². The standard InChI is InChI=1S/C22H15Cl2F3N2O6S/c1-34-17-5-3-4-13(21(31)35-2)18(17)20(30)19-16(8-11(23)10-28-19)29-36(32,33)12-6-7-15(24)14(9-12)22(25,26)27/h3-10,29H,1-2H3. The van der Waals surface area contributed by atoms with Crippen LogP contribution in [0.25, 0.3) is 0 Å². The quantitative estimate of drug-likeness (QED) is 0.310. The summed E-state index contributed by atoms with van der Waals surface area (Å²) in [6.45, 7) is 0. The third kappa shape index (κ3) is 5.55. The smallest absolute Gasteiger partial charge is 0.417 e. The maximum absolute atomic E-state index is 13.5. The van der Waals surface area contributed by atoms with Gasteiger partial charge in [-0.25, -0.2) is 18.2 Å². The fourth-order valence-electron chi connectivity index (χ4n) is 3.12. The number of carbonyl (C=O) groups is 2. The van der Waals surface area contributed by atoms with Gasteiger partial charge >= 0.3 is 12.1 Å². The predicted octanol–water partition coefficient (Wildman–Crippen LogP) is 5.23. The van der Waals surface area contributed by atoms with Crippen molar-refractivity contribution >= 4 is 50.7 Å². The zero-order valence-corrected chi connectivity index (χ0v) is 20.6. The maximum Gasteiger partial charge on any atom is 0.417 e. The molecule has 14 heteroatoms. The van der Waals surface area contributed by atoms with Crippen LogP contribution in [-0.4, -0.2) is 39.4 Å². The van der Waals surface area contributed by atoms with E-state index in [2.05, 4.69) is 4.98 Å². The van der Waals surface area contributed by atoms with Gasteiger partial charge in [0.05, 0.1) is 51.5 Å². The van der Waals surface area contributed by atoms with Gasteiger partial charge < -0.3 is 9.47 Å². The van der Waals surface area contributed by atoms with Gasteiger partial charge in [-0.15, -0.1) is 0 Å². The average Bonchev–Trinajstić information content (AvgIpc) is 2.81. The molecule has 0 aliphatic carbocycles. The lowest BCUT2D eigenvalue weighted by Crippen LogP contribution is -2.19. The number of nitrogens with one attached hydrogen (secondary N) is 1. The number of methoxy groups -OCH3 is 2. The molecule has 2 aromatic carbocycles. The first-order valence-corrected chi connectivity index (χ1v) is 11.9. The Morgan fingerprint density at radius 1 is 1.06 bits per heavy atom. The second-order valence-corrected chi connectivity index (χ2v) is 9.52. The van der Waals surface area contributed by atoms with Gasteiger partial charge in [0.15, 0.2) is 0 Å². The average molecular weight is 563 g/mol. The minimum atomic E-state index is -4.92. The van der Waals surface area contributed by atoms with Gasteiger partial charge in [-0.3, -0.25) is 9.52 Å². The summed E-state index contributed by atoms with van der Waals surface area (Å²) < 4.78 is 77.5. The third-order valence-corrected chi connectivity index (χ3v) is 6.65. The van der Waals surface area contributed by atoms with Crippen LogP contribution in [0.1, 0.15) is 32.0 Å². The Morgan fingerprint density at radius 2 is 1.75 bits per heavy atom. The topological polar surface area (TPSA) is 112 Å². The molecule has 0 atom stereocenters. The number of hydrogen-bond acceptors (Lipinski definition) is 7. The highest BCUT2D eigenvalue weighted by Crippen LogP contribution is 2.36. The first-order valence-electron chi connectivity index (χ1n) is 9.65. The largest absolute Gasteiger partial charge is 0.496 e. The highest BCUT2D eigenvalue weighted by atomic mass is 35.5. The number of alkyl halides is 3. The Balaban J connectivity index is 2.14. The van der Waals surface area contributed by atoms with Gasteiger partial charge in [-0.05, 0) is 36.4 Å². The molecule has 0 bridgehead atoms. The molecule has 0 amide bonds. The molecule has 1 N–H and O–H groups in total. The Labute approximate surface area is 213 Å². The molecule has 3 aromatic rings. The lowest BCUT2D eigenvalue weighted by Gasteiger charge is -2.16. The summed E-state index contributed by atoms with van der Waals surface area (Å²) >= 11 is 11.5. The molecule has 3 rings (SSSR count). The van der Waals surface area contributed by atoms with Gasteiger partial charge in [0, 0.05) is 6.20 Å². The lowest BCUT2D eigenvalue weighted by molar-refractivity contribution is -0.137. The molecule has 0 saturated heterocycles. The number of ether oxygens (including phenoxy) is 2. The van der Waals surface area contributed by atoms with Crippen LogP contribution in [0.5, 0.6) is 5.75 Å². The summed E-state index contributed by atoms with van der Waals surface area (Å²) in [5.41, 5.74) is -2.82. The molecule has 1 aromatic heterocycles. The number of halogens is 5. The normalized spacial score (nSPS) is 11.6. The van der Waals surface area contributed by atoms with Crippen LogP contribution in [0.4, 0.5) is 18.9 Å². The van der Waals surface area contributed by atoms with E-state index in [0.29, 0.717) is 6.07 Å². The summed E-state index contributed by atoms with van der Waals surface area (Å²) in [7, 11) is -2.36. The van der Waals surface area contributed by atoms with Crippen LogP contribution >= 0.6 is 23.2 Å². The van der Waals surface area contributed by atoms with E-state index in [0.717, 1.165) is 31.5 Å². The van der Waals surface area contributed by atoms with Crippen LogP contribution in [0, 0.1) is 0 Å². The zero-order valence-electron chi connectivity index (χ0n) is 18.3. The van der Waals surface area contributed by atoms with Crippen molar-refractivity contribution in [3.63, 3.8) is 0 Å². The van der Waals surface area contributed by atoms with E-state index < -0.39 is 54.8 Å². The molecule has 8 nitrogen and oxygen atoms in total. The number of anilines is 1. The van der Waals surface area contributed by atoms with Crippen molar-refractivity contribution in [2.24, 2.45) is 0 Å². The summed E-state index contributed by atoms with van der Waals surface area (Å²) in [6.07, 6.45) is -3.88. The van der Waals surface area contributed by atoms with Gasteiger partial charge in [0.25, 0.3) is 10.0 Å². The first-order chi connectivity index (χ1) is 16.8. The second kappa shape index (κ2) is 10.3. The Morgan fingerprint density at radius 3 is 2.36 bits per heavy atom. The van der Waals surface area contributed by atoms with E-state index >= 15 is 0 Å². The molecule has 0 aliphatic heterocycles. The third-order valence-electron chi connectivity index (χ3n) is 4.75. The van der Waals surface area contributed by atoms with Gasteiger partial charge in [-0.1, -0.05) is 29.3 Å². The molecule has 1 heterocycles. The second-order valence-electron chi connectivity index (χ2n) is 7.00. The number of benzene rings is 2. The monoisotopic (exact) mass is 562 g/mol. The molecule has 0 radical (unpaired) electrons. The maximum atomic E-state index is 13.5. The van der Waals surface area contributed by atoms with Crippen LogP contribution in [0.3, 0.4) is 0 Å². The summed E-state index contributed by atoms with van der Waals surface area (Å²) in [6, 6.07) is 7.11. The molecule has 0 unspecified atom stereocenters. The number of aromatic nitrogens is 1. The van der Waals surface area contributed by atoms with Crippen LogP contribution in [0.2, 0.25) is 10.0 Å². The van der Waals surface area contributed by atoms with E-state index in [1.54, 1.807) is 0 Å². The number of ketones is 1. The molecule has 0 aliphatic rings. The molecule has 0 saturated carbocycles. The number of carbonyl (C=O) groups excluding carboxylic acids is 2. The SMILES string of the molecule is COC(=O)c1cccc(OC)c1C(=O)c1ncc(Cl)cc1NS(=O)(=O)c1ccc(Cl)c(C(F)(F)F)c1. The Hall–Kier alpha value is -3.35. The van der Waals surface area contributed by atoms with E-state index in [4.69, 9.17) is 32.7 Å². The Kier molecular flexibility index (Phi) is 7.82. The van der Waals surface area contributed by atoms with Crippen molar-refractivity contribution < 1.29 is 40.7 Å². The number of sulfonamides is 1.